The second-order valence-electron chi connectivity index (χ2n) is 9.65. The van der Waals surface area contributed by atoms with Gasteiger partial charge in [-0.15, -0.1) is 0 Å². The Morgan fingerprint density at radius 3 is 2.67 bits per heavy atom. The first-order chi connectivity index (χ1) is 20.2. The molecule has 0 aliphatic rings. The van der Waals surface area contributed by atoms with E-state index in [1.54, 1.807) is 18.4 Å². The molecule has 0 aliphatic carbocycles. The van der Waals surface area contributed by atoms with Gasteiger partial charge in [0.15, 0.2) is 16.7 Å². The number of benzene rings is 2. The zero-order valence-electron chi connectivity index (χ0n) is 23.1. The zero-order valence-corrected chi connectivity index (χ0v) is 23.9. The number of aromatic amines is 1. The summed E-state index contributed by atoms with van der Waals surface area (Å²) in [5.41, 5.74) is 3.38. The van der Waals surface area contributed by atoms with Crippen molar-refractivity contribution in [2.24, 2.45) is 0 Å². The van der Waals surface area contributed by atoms with Crippen molar-refractivity contribution >= 4 is 34.6 Å². The smallest absolute Gasteiger partial charge is 0.431 e. The van der Waals surface area contributed by atoms with Crippen LogP contribution in [0.4, 0.5) is 4.79 Å². The van der Waals surface area contributed by atoms with Gasteiger partial charge in [-0.3, -0.25) is 9.51 Å². The third-order valence-electron chi connectivity index (χ3n) is 6.32. The van der Waals surface area contributed by atoms with Gasteiger partial charge in [-0.1, -0.05) is 41.9 Å². The van der Waals surface area contributed by atoms with Crippen LogP contribution in [0.1, 0.15) is 49.1 Å². The monoisotopic (exact) mass is 593 g/mol. The number of aromatic nitrogens is 5. The summed E-state index contributed by atoms with van der Waals surface area (Å²) < 4.78 is 23.3. The molecule has 3 aromatic heterocycles. The number of aryl methyl sites for hydroxylation is 1. The number of carbonyl (C=O) groups is 2. The number of fused-ring (bicyclic) bond motifs is 1. The van der Waals surface area contributed by atoms with Crippen LogP contribution in [0.3, 0.4) is 0 Å². The number of halogens is 1. The number of esters is 1. The molecule has 0 fully saturated rings. The summed E-state index contributed by atoms with van der Waals surface area (Å²) in [5, 5.41) is 4.79. The Balaban J connectivity index is 1.42. The molecule has 0 unspecified atom stereocenters. The molecule has 0 bridgehead atoms. The Kier molecular flexibility index (Phi) is 8.43. The predicted octanol–water partition coefficient (Wildman–Crippen LogP) is 5.50. The van der Waals surface area contributed by atoms with Crippen molar-refractivity contribution in [1.29, 1.82) is 0 Å². The quantitative estimate of drug-likeness (QED) is 0.164. The number of carbonyl (C=O) groups excluding carboxylic acids is 2. The molecule has 218 valence electrons. The van der Waals surface area contributed by atoms with Gasteiger partial charge >= 0.3 is 17.9 Å². The molecule has 5 rings (SSSR count). The second kappa shape index (κ2) is 12.4. The van der Waals surface area contributed by atoms with Gasteiger partial charge in [-0.05, 0) is 56.2 Å². The highest BCUT2D eigenvalue weighted by molar-refractivity contribution is 6.32. The summed E-state index contributed by atoms with van der Waals surface area (Å²) in [7, 11) is 0. The van der Waals surface area contributed by atoms with Crippen molar-refractivity contribution in [2.75, 3.05) is 6.79 Å². The second-order valence-corrected chi connectivity index (χ2v) is 10.0. The lowest BCUT2D eigenvalue weighted by molar-refractivity contribution is -0.0349. The predicted molar refractivity (Wildman–Crippen MR) is 153 cm³/mol. The van der Waals surface area contributed by atoms with Crippen molar-refractivity contribution < 1.29 is 28.3 Å². The van der Waals surface area contributed by atoms with Gasteiger partial charge in [0.2, 0.25) is 6.79 Å². The number of H-pyrrole nitrogens is 1. The van der Waals surface area contributed by atoms with E-state index in [1.165, 1.54) is 0 Å². The molecule has 5 aromatic rings. The highest BCUT2D eigenvalue weighted by Gasteiger charge is 2.24. The molecular formula is C29H28ClN5O7. The normalized spacial score (nSPS) is 11.3. The maximum absolute atomic E-state index is 13.0. The van der Waals surface area contributed by atoms with Gasteiger partial charge in [0.1, 0.15) is 5.82 Å². The maximum atomic E-state index is 13.0. The molecule has 3 heterocycles. The minimum absolute atomic E-state index is 0.00272. The van der Waals surface area contributed by atoms with Crippen molar-refractivity contribution in [3.05, 3.63) is 87.5 Å². The molecule has 42 heavy (non-hydrogen) atoms. The fourth-order valence-electron chi connectivity index (χ4n) is 4.59. The molecule has 2 aromatic carbocycles. The van der Waals surface area contributed by atoms with Crippen LogP contribution >= 0.6 is 11.6 Å². The van der Waals surface area contributed by atoms with E-state index in [0.717, 1.165) is 28.6 Å². The van der Waals surface area contributed by atoms with Gasteiger partial charge in [0.25, 0.3) is 0 Å². The fourth-order valence-corrected chi connectivity index (χ4v) is 4.86. The molecule has 13 heteroatoms. The van der Waals surface area contributed by atoms with Crippen LogP contribution in [-0.4, -0.2) is 49.3 Å². The topological polar surface area (TPSA) is 143 Å². The Bertz CT molecular complexity index is 1800. The van der Waals surface area contributed by atoms with Crippen molar-refractivity contribution in [3.8, 4) is 17.1 Å². The third-order valence-corrected chi connectivity index (χ3v) is 6.59. The Hall–Kier alpha value is -4.84. The number of rotatable bonds is 10. The molecule has 0 saturated carbocycles. The van der Waals surface area contributed by atoms with E-state index in [4.69, 9.17) is 30.3 Å². The summed E-state index contributed by atoms with van der Waals surface area (Å²) in [5.74, 6) is -0.450. The van der Waals surface area contributed by atoms with E-state index in [9.17, 15) is 14.4 Å². The fraction of sp³-hybridized carbons (Fsp3) is 0.276. The van der Waals surface area contributed by atoms with Gasteiger partial charge in [0, 0.05) is 30.1 Å². The molecule has 12 nitrogen and oxygen atoms in total. The van der Waals surface area contributed by atoms with Gasteiger partial charge in [0.05, 0.1) is 17.3 Å². The first-order valence-corrected chi connectivity index (χ1v) is 13.6. The summed E-state index contributed by atoms with van der Waals surface area (Å²) >= 11 is 6.39. The molecule has 0 amide bonds. The molecular weight excluding hydrogens is 566 g/mol. The number of imidazole rings is 1. The average Bonchev–Trinajstić information content (AvgIpc) is 3.65. The Morgan fingerprint density at radius 1 is 1.12 bits per heavy atom. The number of ether oxygens (including phenoxy) is 3. The first kappa shape index (κ1) is 28.7. The maximum Gasteiger partial charge on any atom is 0.511 e. The Morgan fingerprint density at radius 2 is 1.93 bits per heavy atom. The SMILES string of the molecule is CCCc1nc(Cl)c(C(=O)OCOC(=O)OC(C)C)n1Cc1ccc2c(ccn2-c2ccccc2-c2noc(=O)[nH]2)c1. The van der Waals surface area contributed by atoms with Crippen molar-refractivity contribution in [2.45, 2.75) is 46.3 Å². The molecule has 0 spiro atoms. The van der Waals surface area contributed by atoms with E-state index >= 15 is 0 Å². The van der Waals surface area contributed by atoms with Gasteiger partial charge in [-0.2, -0.15) is 0 Å². The van der Waals surface area contributed by atoms with Gasteiger partial charge in [-0.25, -0.2) is 19.4 Å². The lowest BCUT2D eigenvalue weighted by Crippen LogP contribution is -2.19. The van der Waals surface area contributed by atoms with E-state index < -0.39 is 24.7 Å². The first-order valence-electron chi connectivity index (χ1n) is 13.3. The van der Waals surface area contributed by atoms with Crippen LogP contribution in [0.15, 0.2) is 64.0 Å². The van der Waals surface area contributed by atoms with Crippen LogP contribution in [0.5, 0.6) is 0 Å². The summed E-state index contributed by atoms with van der Waals surface area (Å²) in [4.78, 5) is 43.2. The molecule has 0 radical (unpaired) electrons. The van der Waals surface area contributed by atoms with E-state index in [2.05, 4.69) is 15.1 Å². The third kappa shape index (κ3) is 6.08. The van der Waals surface area contributed by atoms with Crippen molar-refractivity contribution in [1.82, 2.24) is 24.3 Å². The minimum Gasteiger partial charge on any atom is -0.431 e. The van der Waals surface area contributed by atoms with E-state index in [-0.39, 0.29) is 17.0 Å². The van der Waals surface area contributed by atoms with Crippen LogP contribution in [0.2, 0.25) is 5.15 Å². The number of nitrogens with zero attached hydrogens (tertiary/aromatic N) is 4. The lowest BCUT2D eigenvalue weighted by Gasteiger charge is -2.13. The summed E-state index contributed by atoms with van der Waals surface area (Å²) in [6, 6.07) is 15.4. The number of hydrogen-bond acceptors (Lipinski definition) is 9. The van der Waals surface area contributed by atoms with E-state index in [1.807, 2.05) is 66.2 Å². The van der Waals surface area contributed by atoms with Crippen LogP contribution in [-0.2, 0) is 27.2 Å². The molecule has 1 N–H and O–H groups in total. The van der Waals surface area contributed by atoms with E-state index in [0.29, 0.717) is 30.2 Å². The standard InChI is InChI=1S/C29H28ClN5O7/c1-4-7-23-31-25(30)24(27(36)39-16-40-29(38)41-17(2)3)35(23)15-18-10-11-21-19(14-18)12-13-34(21)22-9-6-5-8-20(22)26-32-28(37)42-33-26/h5-6,8-14,17H,4,7,15-16H2,1-3H3,(H,32,33,37). The Labute approximate surface area is 244 Å². The molecule has 0 saturated heterocycles. The lowest BCUT2D eigenvalue weighted by atomic mass is 10.1. The highest BCUT2D eigenvalue weighted by atomic mass is 35.5. The number of para-hydroxylation sites is 1. The largest absolute Gasteiger partial charge is 0.511 e. The van der Waals surface area contributed by atoms with Crippen LogP contribution in [0, 0.1) is 0 Å². The summed E-state index contributed by atoms with van der Waals surface area (Å²) in [6.07, 6.45) is 1.98. The van der Waals surface area contributed by atoms with Gasteiger partial charge < -0.3 is 23.3 Å². The van der Waals surface area contributed by atoms with Crippen LogP contribution in [0.25, 0.3) is 28.0 Å². The van der Waals surface area contributed by atoms with Crippen LogP contribution < -0.4 is 5.76 Å². The summed E-state index contributed by atoms with van der Waals surface area (Å²) in [6.45, 7) is 5.02. The zero-order chi connectivity index (χ0) is 29.8. The minimum atomic E-state index is -0.943. The molecule has 0 aliphatic heterocycles. The average molecular weight is 594 g/mol. The molecule has 0 atom stereocenters. The number of hydrogen-bond donors (Lipinski definition) is 1. The number of nitrogens with one attached hydrogen (secondary N) is 1. The van der Waals surface area contributed by atoms with Crippen molar-refractivity contribution in [3.63, 3.8) is 0 Å². The highest BCUT2D eigenvalue weighted by Crippen LogP contribution is 2.29.